The van der Waals surface area contributed by atoms with Gasteiger partial charge in [-0.2, -0.15) is 0 Å². The maximum atomic E-state index is 13.0. The molecule has 0 saturated heterocycles. The van der Waals surface area contributed by atoms with E-state index in [0.717, 1.165) is 11.3 Å². The number of anilines is 1. The van der Waals surface area contributed by atoms with E-state index in [1.807, 2.05) is 13.8 Å². The van der Waals surface area contributed by atoms with Crippen LogP contribution in [-0.4, -0.2) is 16.7 Å². The zero-order valence-electron chi connectivity index (χ0n) is 14.2. The number of halogens is 1. The number of carbonyl (C=O) groups is 2. The zero-order chi connectivity index (χ0) is 17.7. The van der Waals surface area contributed by atoms with E-state index in [9.17, 15) is 14.0 Å². The molecule has 1 aliphatic heterocycles. The highest BCUT2D eigenvalue weighted by Crippen LogP contribution is 2.28. The smallest absolute Gasteiger partial charge is 0.227 e. The second kappa shape index (κ2) is 7.81. The van der Waals surface area contributed by atoms with Gasteiger partial charge in [-0.15, -0.1) is 0 Å². The van der Waals surface area contributed by atoms with Gasteiger partial charge >= 0.3 is 0 Å². The Labute approximate surface area is 141 Å². The van der Waals surface area contributed by atoms with Crippen LogP contribution in [-0.2, 0) is 17.8 Å². The molecule has 0 bridgehead atoms. The molecule has 1 aromatic heterocycles. The van der Waals surface area contributed by atoms with Gasteiger partial charge in [0.15, 0.2) is 5.78 Å². The standard InChI is InChI=1S/C17H15FN2O2.C2H6/c1-11(21)13-8-16-15(19-9-13)6-7-17(22)20(16)10-12-2-4-14(18)5-3-12;1-2/h2-5,8-9H,6-7,10H2,1H3;1-2H3. The number of amides is 1. The minimum Gasteiger partial charge on any atom is -0.306 e. The van der Waals surface area contributed by atoms with Crippen molar-refractivity contribution in [3.63, 3.8) is 0 Å². The summed E-state index contributed by atoms with van der Waals surface area (Å²) >= 11 is 0. The number of ketones is 1. The van der Waals surface area contributed by atoms with Gasteiger partial charge in [-0.05, 0) is 30.7 Å². The number of hydrogen-bond donors (Lipinski definition) is 0. The molecule has 0 unspecified atom stereocenters. The van der Waals surface area contributed by atoms with Crippen molar-refractivity contribution in [1.82, 2.24) is 4.98 Å². The molecule has 0 aliphatic carbocycles. The molecular formula is C19H21FN2O2. The molecule has 0 atom stereocenters. The molecule has 2 aromatic rings. The molecule has 1 aromatic carbocycles. The van der Waals surface area contributed by atoms with E-state index < -0.39 is 0 Å². The Kier molecular flexibility index (Phi) is 5.79. The highest BCUT2D eigenvalue weighted by atomic mass is 19.1. The first-order valence-electron chi connectivity index (χ1n) is 8.09. The molecule has 0 spiro atoms. The van der Waals surface area contributed by atoms with Crippen LogP contribution < -0.4 is 4.90 Å². The van der Waals surface area contributed by atoms with Gasteiger partial charge in [-0.1, -0.05) is 26.0 Å². The van der Waals surface area contributed by atoms with Crippen molar-refractivity contribution in [2.75, 3.05) is 4.90 Å². The van der Waals surface area contributed by atoms with Crippen LogP contribution in [0.3, 0.4) is 0 Å². The maximum Gasteiger partial charge on any atom is 0.227 e. The topological polar surface area (TPSA) is 50.3 Å². The molecule has 2 heterocycles. The lowest BCUT2D eigenvalue weighted by Gasteiger charge is -2.29. The molecule has 1 amide bonds. The minimum absolute atomic E-state index is 0.0145. The van der Waals surface area contributed by atoms with Crippen molar-refractivity contribution in [1.29, 1.82) is 0 Å². The molecule has 24 heavy (non-hydrogen) atoms. The summed E-state index contributed by atoms with van der Waals surface area (Å²) in [5.41, 5.74) is 2.80. The maximum absolute atomic E-state index is 13.0. The van der Waals surface area contributed by atoms with Crippen LogP contribution in [0.2, 0.25) is 0 Å². The highest BCUT2D eigenvalue weighted by Gasteiger charge is 2.26. The number of aromatic nitrogens is 1. The molecule has 5 heteroatoms. The van der Waals surface area contributed by atoms with Gasteiger partial charge in [0.25, 0.3) is 0 Å². The summed E-state index contributed by atoms with van der Waals surface area (Å²) in [6, 6.07) is 7.76. The first-order valence-corrected chi connectivity index (χ1v) is 8.09. The van der Waals surface area contributed by atoms with Crippen molar-refractivity contribution in [2.45, 2.75) is 40.2 Å². The van der Waals surface area contributed by atoms with E-state index >= 15 is 0 Å². The van der Waals surface area contributed by atoms with Crippen LogP contribution in [0.4, 0.5) is 10.1 Å². The SMILES string of the molecule is CC.CC(=O)c1cnc2c(c1)N(Cc1ccc(F)cc1)C(=O)CC2. The number of hydrogen-bond acceptors (Lipinski definition) is 3. The van der Waals surface area contributed by atoms with Gasteiger partial charge < -0.3 is 4.90 Å². The number of aryl methyl sites for hydroxylation is 1. The zero-order valence-corrected chi connectivity index (χ0v) is 14.2. The molecule has 0 radical (unpaired) electrons. The molecule has 4 nitrogen and oxygen atoms in total. The Hall–Kier alpha value is -2.56. The molecule has 0 fully saturated rings. The van der Waals surface area contributed by atoms with Gasteiger partial charge in [-0.25, -0.2) is 4.39 Å². The minimum atomic E-state index is -0.311. The summed E-state index contributed by atoms with van der Waals surface area (Å²) in [6.45, 7) is 5.81. The van der Waals surface area contributed by atoms with Crippen LogP contribution in [0, 0.1) is 5.82 Å². The lowest BCUT2D eigenvalue weighted by atomic mass is 10.0. The monoisotopic (exact) mass is 328 g/mol. The van der Waals surface area contributed by atoms with Crippen molar-refractivity contribution in [3.8, 4) is 0 Å². The Bertz CT molecular complexity index is 742. The van der Waals surface area contributed by atoms with Crippen LogP contribution in [0.1, 0.15) is 48.8 Å². The number of carbonyl (C=O) groups excluding carboxylic acids is 2. The Morgan fingerprint density at radius 1 is 1.21 bits per heavy atom. The van der Waals surface area contributed by atoms with Crippen LogP contribution in [0.15, 0.2) is 36.5 Å². The number of Topliss-reactive ketones (excluding diaryl/α,β-unsaturated/α-hetero) is 1. The average Bonchev–Trinajstić information content (AvgIpc) is 2.60. The molecule has 1 aliphatic rings. The largest absolute Gasteiger partial charge is 0.306 e. The van der Waals surface area contributed by atoms with Gasteiger partial charge in [0, 0.05) is 24.6 Å². The predicted octanol–water partition coefficient (Wildman–Crippen LogP) is 3.93. The summed E-state index contributed by atoms with van der Waals surface area (Å²) in [5.74, 6) is -0.413. The number of benzene rings is 1. The van der Waals surface area contributed by atoms with Crippen LogP contribution >= 0.6 is 0 Å². The van der Waals surface area contributed by atoms with Crippen molar-refractivity contribution in [3.05, 3.63) is 59.2 Å². The van der Waals surface area contributed by atoms with Gasteiger partial charge in [-0.3, -0.25) is 14.6 Å². The summed E-state index contributed by atoms with van der Waals surface area (Å²) in [7, 11) is 0. The normalized spacial score (nSPS) is 13.0. The van der Waals surface area contributed by atoms with Crippen LogP contribution in [0.5, 0.6) is 0 Å². The first kappa shape index (κ1) is 17.8. The van der Waals surface area contributed by atoms with E-state index in [1.54, 1.807) is 29.3 Å². The second-order valence-electron chi connectivity index (χ2n) is 5.35. The lowest BCUT2D eigenvalue weighted by Crippen LogP contribution is -2.35. The Balaban J connectivity index is 0.00000100. The second-order valence-corrected chi connectivity index (χ2v) is 5.35. The third-order valence-electron chi connectivity index (χ3n) is 3.78. The number of fused-ring (bicyclic) bond motifs is 1. The van der Waals surface area contributed by atoms with E-state index in [4.69, 9.17) is 0 Å². The third-order valence-corrected chi connectivity index (χ3v) is 3.78. The number of rotatable bonds is 3. The summed E-state index contributed by atoms with van der Waals surface area (Å²) in [5, 5.41) is 0. The lowest BCUT2D eigenvalue weighted by molar-refractivity contribution is -0.119. The van der Waals surface area contributed by atoms with Crippen LogP contribution in [0.25, 0.3) is 0 Å². The molecule has 0 saturated carbocycles. The van der Waals surface area contributed by atoms with E-state index in [-0.39, 0.29) is 17.5 Å². The molecule has 3 rings (SSSR count). The molecular weight excluding hydrogens is 307 g/mol. The Morgan fingerprint density at radius 3 is 2.50 bits per heavy atom. The van der Waals surface area contributed by atoms with Crippen molar-refractivity contribution >= 4 is 17.4 Å². The summed E-state index contributed by atoms with van der Waals surface area (Å²) in [6.07, 6.45) is 2.51. The van der Waals surface area contributed by atoms with Crippen molar-refractivity contribution < 1.29 is 14.0 Å². The quantitative estimate of drug-likeness (QED) is 0.802. The van der Waals surface area contributed by atoms with E-state index in [1.165, 1.54) is 19.1 Å². The van der Waals surface area contributed by atoms with E-state index in [2.05, 4.69) is 4.98 Å². The summed E-state index contributed by atoms with van der Waals surface area (Å²) < 4.78 is 13.0. The van der Waals surface area contributed by atoms with Crippen molar-refractivity contribution in [2.24, 2.45) is 0 Å². The highest BCUT2D eigenvalue weighted by molar-refractivity contribution is 5.99. The third kappa shape index (κ3) is 3.85. The summed E-state index contributed by atoms with van der Waals surface area (Å²) in [4.78, 5) is 29.7. The molecule has 0 N–H and O–H groups in total. The predicted molar refractivity (Wildman–Crippen MR) is 91.5 cm³/mol. The van der Waals surface area contributed by atoms with E-state index in [0.29, 0.717) is 30.6 Å². The Morgan fingerprint density at radius 2 is 1.88 bits per heavy atom. The fourth-order valence-electron chi connectivity index (χ4n) is 2.54. The van der Waals surface area contributed by atoms with Gasteiger partial charge in [0.2, 0.25) is 5.91 Å². The fourth-order valence-corrected chi connectivity index (χ4v) is 2.54. The first-order chi connectivity index (χ1) is 11.5. The fraction of sp³-hybridized carbons (Fsp3) is 0.316. The average molecular weight is 328 g/mol. The number of nitrogens with zero attached hydrogens (tertiary/aromatic N) is 2. The number of pyridine rings is 1. The molecule has 126 valence electrons. The van der Waals surface area contributed by atoms with Gasteiger partial charge in [0.05, 0.1) is 17.9 Å². The van der Waals surface area contributed by atoms with Gasteiger partial charge in [0.1, 0.15) is 5.82 Å².